The molecule has 0 radical (unpaired) electrons. The van der Waals surface area contributed by atoms with Gasteiger partial charge in [0.05, 0.1) is 0 Å². The molecule has 1 heterocycles. The first kappa shape index (κ1) is 11.6. The molecule has 2 aromatic rings. The maximum Gasteiger partial charge on any atom is 0.163 e. The van der Waals surface area contributed by atoms with E-state index in [0.29, 0.717) is 5.82 Å². The summed E-state index contributed by atoms with van der Waals surface area (Å²) in [6.07, 6.45) is 1.54. The van der Waals surface area contributed by atoms with E-state index in [-0.39, 0.29) is 5.82 Å². The van der Waals surface area contributed by atoms with Crippen molar-refractivity contribution in [3.8, 4) is 11.4 Å². The third kappa shape index (κ3) is 2.64. The van der Waals surface area contributed by atoms with Crippen molar-refractivity contribution in [2.24, 2.45) is 0 Å². The van der Waals surface area contributed by atoms with E-state index in [1.165, 1.54) is 12.1 Å². The van der Waals surface area contributed by atoms with Crippen LogP contribution in [0.3, 0.4) is 0 Å². The molecule has 0 N–H and O–H groups in total. The van der Waals surface area contributed by atoms with Crippen LogP contribution in [0.4, 0.5) is 4.39 Å². The molecule has 0 fully saturated rings. The zero-order chi connectivity index (χ0) is 12.3. The molecule has 0 saturated carbocycles. The summed E-state index contributed by atoms with van der Waals surface area (Å²) in [5, 5.41) is 0. The zero-order valence-electron chi connectivity index (χ0n) is 9.94. The summed E-state index contributed by atoms with van der Waals surface area (Å²) in [5.74, 6) is 1.91. The van der Waals surface area contributed by atoms with E-state index in [9.17, 15) is 4.39 Å². The van der Waals surface area contributed by atoms with Crippen LogP contribution in [0, 0.1) is 5.82 Å². The molecule has 17 heavy (non-hydrogen) atoms. The van der Waals surface area contributed by atoms with Gasteiger partial charge in [0, 0.05) is 18.4 Å². The van der Waals surface area contributed by atoms with Gasteiger partial charge in [-0.1, -0.05) is 13.8 Å². The molecule has 2 rings (SSSR count). The van der Waals surface area contributed by atoms with Crippen LogP contribution in [-0.4, -0.2) is 15.0 Å². The van der Waals surface area contributed by atoms with Crippen LogP contribution in [0.15, 0.2) is 24.3 Å². The van der Waals surface area contributed by atoms with Crippen molar-refractivity contribution in [2.75, 3.05) is 0 Å². The van der Waals surface area contributed by atoms with Crippen molar-refractivity contribution < 1.29 is 4.39 Å². The number of aromatic nitrogens is 3. The fourth-order valence-corrected chi connectivity index (χ4v) is 1.51. The van der Waals surface area contributed by atoms with Gasteiger partial charge in [0.1, 0.15) is 17.5 Å². The van der Waals surface area contributed by atoms with E-state index in [1.807, 2.05) is 13.8 Å². The maximum absolute atomic E-state index is 12.8. The highest BCUT2D eigenvalue weighted by Crippen LogP contribution is 2.15. The van der Waals surface area contributed by atoms with E-state index >= 15 is 0 Å². The van der Waals surface area contributed by atoms with Gasteiger partial charge < -0.3 is 0 Å². The molecular formula is C13H14FN3. The Morgan fingerprint density at radius 1 is 0.882 bits per heavy atom. The Morgan fingerprint density at radius 2 is 1.41 bits per heavy atom. The van der Waals surface area contributed by atoms with E-state index in [4.69, 9.17) is 0 Å². The standard InChI is InChI=1S/C13H14FN3/c1-3-11-15-12(4-2)17-13(16-11)9-5-7-10(14)8-6-9/h5-8H,3-4H2,1-2H3. The van der Waals surface area contributed by atoms with Gasteiger partial charge >= 0.3 is 0 Å². The highest BCUT2D eigenvalue weighted by molar-refractivity contribution is 5.54. The van der Waals surface area contributed by atoms with E-state index in [0.717, 1.165) is 30.1 Å². The van der Waals surface area contributed by atoms with Gasteiger partial charge in [-0.15, -0.1) is 0 Å². The zero-order valence-corrected chi connectivity index (χ0v) is 9.94. The molecule has 88 valence electrons. The van der Waals surface area contributed by atoms with Crippen molar-refractivity contribution >= 4 is 0 Å². The maximum atomic E-state index is 12.8. The molecule has 1 aromatic heterocycles. The molecule has 0 atom stereocenters. The Morgan fingerprint density at radius 3 is 1.88 bits per heavy atom. The molecule has 0 bridgehead atoms. The lowest BCUT2D eigenvalue weighted by molar-refractivity contribution is 0.628. The molecule has 0 spiro atoms. The molecule has 1 aromatic carbocycles. The summed E-state index contributed by atoms with van der Waals surface area (Å²) in [7, 11) is 0. The average molecular weight is 231 g/mol. The van der Waals surface area contributed by atoms with Crippen molar-refractivity contribution in [1.29, 1.82) is 0 Å². The van der Waals surface area contributed by atoms with Crippen LogP contribution < -0.4 is 0 Å². The minimum Gasteiger partial charge on any atom is -0.218 e. The van der Waals surface area contributed by atoms with E-state index < -0.39 is 0 Å². The fraction of sp³-hybridized carbons (Fsp3) is 0.308. The lowest BCUT2D eigenvalue weighted by Crippen LogP contribution is -2.03. The second-order valence-electron chi connectivity index (χ2n) is 3.71. The van der Waals surface area contributed by atoms with Gasteiger partial charge in [-0.2, -0.15) is 0 Å². The van der Waals surface area contributed by atoms with Crippen LogP contribution in [-0.2, 0) is 12.8 Å². The highest BCUT2D eigenvalue weighted by Gasteiger charge is 2.06. The monoisotopic (exact) mass is 231 g/mol. The smallest absolute Gasteiger partial charge is 0.163 e. The largest absolute Gasteiger partial charge is 0.218 e. The molecular weight excluding hydrogens is 217 g/mol. The van der Waals surface area contributed by atoms with E-state index in [1.54, 1.807) is 12.1 Å². The average Bonchev–Trinajstić information content (AvgIpc) is 2.39. The SMILES string of the molecule is CCc1nc(CC)nc(-c2ccc(F)cc2)n1. The number of halogens is 1. The second kappa shape index (κ2) is 4.99. The number of rotatable bonds is 3. The topological polar surface area (TPSA) is 38.7 Å². The molecule has 0 aliphatic heterocycles. The molecule has 0 aliphatic carbocycles. The van der Waals surface area contributed by atoms with Gasteiger partial charge in [-0.25, -0.2) is 19.3 Å². The number of hydrogen-bond acceptors (Lipinski definition) is 3. The third-order valence-electron chi connectivity index (χ3n) is 2.46. The summed E-state index contributed by atoms with van der Waals surface area (Å²) in [6, 6.07) is 6.19. The summed E-state index contributed by atoms with van der Waals surface area (Å²) in [4.78, 5) is 13.0. The van der Waals surface area contributed by atoms with Crippen LogP contribution in [0.5, 0.6) is 0 Å². The van der Waals surface area contributed by atoms with Crippen LogP contribution >= 0.6 is 0 Å². The Bertz CT molecular complexity index is 486. The van der Waals surface area contributed by atoms with Crippen molar-refractivity contribution in [3.05, 3.63) is 41.7 Å². The first-order valence-electron chi connectivity index (χ1n) is 5.72. The Balaban J connectivity index is 2.46. The predicted octanol–water partition coefficient (Wildman–Crippen LogP) is 2.80. The molecule has 4 heteroatoms. The number of benzene rings is 1. The molecule has 3 nitrogen and oxygen atoms in total. The Kier molecular flexibility index (Phi) is 3.42. The predicted molar refractivity (Wildman–Crippen MR) is 64.0 cm³/mol. The number of hydrogen-bond donors (Lipinski definition) is 0. The van der Waals surface area contributed by atoms with Gasteiger partial charge in [0.15, 0.2) is 5.82 Å². The first-order chi connectivity index (χ1) is 8.22. The summed E-state index contributed by atoms with van der Waals surface area (Å²) >= 11 is 0. The third-order valence-corrected chi connectivity index (χ3v) is 2.46. The quantitative estimate of drug-likeness (QED) is 0.815. The van der Waals surface area contributed by atoms with Crippen LogP contribution in [0.25, 0.3) is 11.4 Å². The van der Waals surface area contributed by atoms with Gasteiger partial charge in [-0.05, 0) is 24.3 Å². The molecule has 0 unspecified atom stereocenters. The van der Waals surface area contributed by atoms with Gasteiger partial charge in [0.2, 0.25) is 0 Å². The van der Waals surface area contributed by atoms with Crippen LogP contribution in [0.1, 0.15) is 25.5 Å². The molecule has 0 aliphatic rings. The minimum absolute atomic E-state index is 0.255. The summed E-state index contributed by atoms with van der Waals surface area (Å²) in [6.45, 7) is 4.01. The normalized spacial score (nSPS) is 10.5. The highest BCUT2D eigenvalue weighted by atomic mass is 19.1. The van der Waals surface area contributed by atoms with Crippen molar-refractivity contribution in [2.45, 2.75) is 26.7 Å². The second-order valence-corrected chi connectivity index (χ2v) is 3.71. The Labute approximate surface area is 99.8 Å². The minimum atomic E-state index is -0.255. The van der Waals surface area contributed by atoms with Crippen LogP contribution in [0.2, 0.25) is 0 Å². The lowest BCUT2D eigenvalue weighted by atomic mass is 10.2. The lowest BCUT2D eigenvalue weighted by Gasteiger charge is -2.04. The summed E-state index contributed by atoms with van der Waals surface area (Å²) < 4.78 is 12.8. The van der Waals surface area contributed by atoms with Gasteiger partial charge in [0.25, 0.3) is 0 Å². The molecule has 0 amide bonds. The first-order valence-corrected chi connectivity index (χ1v) is 5.72. The van der Waals surface area contributed by atoms with Crippen molar-refractivity contribution in [3.63, 3.8) is 0 Å². The Hall–Kier alpha value is -1.84. The molecule has 0 saturated heterocycles. The van der Waals surface area contributed by atoms with E-state index in [2.05, 4.69) is 15.0 Å². The van der Waals surface area contributed by atoms with Gasteiger partial charge in [-0.3, -0.25) is 0 Å². The number of aryl methyl sites for hydroxylation is 2. The van der Waals surface area contributed by atoms with Crippen molar-refractivity contribution in [1.82, 2.24) is 15.0 Å². The fourth-order valence-electron chi connectivity index (χ4n) is 1.51. The number of nitrogens with zero attached hydrogens (tertiary/aromatic N) is 3. The summed E-state index contributed by atoms with van der Waals surface area (Å²) in [5.41, 5.74) is 0.818.